The molecule has 0 aliphatic rings. The lowest BCUT2D eigenvalue weighted by Gasteiger charge is -2.12. The van der Waals surface area contributed by atoms with Crippen molar-refractivity contribution < 1.29 is 4.79 Å². The molecule has 0 fully saturated rings. The van der Waals surface area contributed by atoms with Gasteiger partial charge in [-0.3, -0.25) is 4.79 Å². The first-order chi connectivity index (χ1) is 8.04. The third-order valence-corrected chi connectivity index (χ3v) is 3.27. The van der Waals surface area contributed by atoms with Crippen LogP contribution in [0.4, 0.5) is 5.69 Å². The molecular weight excluding hydrogens is 259 g/mol. The minimum absolute atomic E-state index is 0.130. The van der Waals surface area contributed by atoms with Crippen LogP contribution in [0.3, 0.4) is 0 Å². The van der Waals surface area contributed by atoms with Crippen molar-refractivity contribution in [1.82, 2.24) is 5.32 Å². The summed E-state index contributed by atoms with van der Waals surface area (Å²) < 4.78 is 0. The third kappa shape index (κ3) is 4.54. The van der Waals surface area contributed by atoms with E-state index in [9.17, 15) is 4.79 Å². The van der Waals surface area contributed by atoms with E-state index in [0.29, 0.717) is 21.8 Å². The van der Waals surface area contributed by atoms with E-state index in [-0.39, 0.29) is 12.5 Å². The Morgan fingerprint density at radius 1 is 1.41 bits per heavy atom. The number of hydrogen-bond acceptors (Lipinski definition) is 2. The van der Waals surface area contributed by atoms with Crippen LogP contribution in [0.15, 0.2) is 18.2 Å². The molecule has 1 rings (SSSR count). The summed E-state index contributed by atoms with van der Waals surface area (Å²) in [5.41, 5.74) is 0.537. The van der Waals surface area contributed by atoms with Gasteiger partial charge in [-0.15, -0.1) is 0 Å². The van der Waals surface area contributed by atoms with Crippen molar-refractivity contribution in [2.24, 2.45) is 0 Å². The number of carbonyl (C=O) groups excluding carboxylic acids is 1. The van der Waals surface area contributed by atoms with Gasteiger partial charge >= 0.3 is 0 Å². The number of carbonyl (C=O) groups is 1. The number of hydrogen-bond donors (Lipinski definition) is 2. The fourth-order valence-corrected chi connectivity index (χ4v) is 1.55. The summed E-state index contributed by atoms with van der Waals surface area (Å²) >= 11 is 11.8. The smallest absolute Gasteiger partial charge is 0.238 e. The van der Waals surface area contributed by atoms with E-state index < -0.39 is 0 Å². The number of benzene rings is 1. The standard InChI is InChI=1S/C12H16Cl2N2O/c1-3-8(2)15-7-11(17)16-10-6-4-5-9(13)12(10)14/h4-6,8,15H,3,7H2,1-2H3,(H,16,17). The lowest BCUT2D eigenvalue weighted by molar-refractivity contribution is -0.115. The normalized spacial score (nSPS) is 12.2. The van der Waals surface area contributed by atoms with Gasteiger partial charge < -0.3 is 10.6 Å². The summed E-state index contributed by atoms with van der Waals surface area (Å²) in [6.07, 6.45) is 0.977. The fraction of sp³-hybridized carbons (Fsp3) is 0.417. The van der Waals surface area contributed by atoms with Crippen LogP contribution >= 0.6 is 23.2 Å². The zero-order valence-electron chi connectivity index (χ0n) is 9.89. The molecule has 5 heteroatoms. The Morgan fingerprint density at radius 2 is 2.12 bits per heavy atom. The summed E-state index contributed by atoms with van der Waals surface area (Å²) in [6, 6.07) is 5.45. The van der Waals surface area contributed by atoms with Crippen LogP contribution in [0.5, 0.6) is 0 Å². The highest BCUT2D eigenvalue weighted by Gasteiger charge is 2.08. The predicted molar refractivity (Wildman–Crippen MR) is 72.8 cm³/mol. The van der Waals surface area contributed by atoms with E-state index in [4.69, 9.17) is 23.2 Å². The van der Waals surface area contributed by atoms with Gasteiger partial charge in [-0.2, -0.15) is 0 Å². The zero-order chi connectivity index (χ0) is 12.8. The average molecular weight is 275 g/mol. The van der Waals surface area contributed by atoms with Crippen molar-refractivity contribution >= 4 is 34.8 Å². The highest BCUT2D eigenvalue weighted by Crippen LogP contribution is 2.29. The van der Waals surface area contributed by atoms with Gasteiger partial charge in [-0.05, 0) is 25.5 Å². The molecule has 2 N–H and O–H groups in total. The number of nitrogens with one attached hydrogen (secondary N) is 2. The van der Waals surface area contributed by atoms with Crippen molar-refractivity contribution in [2.45, 2.75) is 26.3 Å². The molecule has 3 nitrogen and oxygen atoms in total. The third-order valence-electron chi connectivity index (χ3n) is 2.45. The van der Waals surface area contributed by atoms with Crippen LogP contribution in [-0.4, -0.2) is 18.5 Å². The van der Waals surface area contributed by atoms with E-state index in [1.165, 1.54) is 0 Å². The predicted octanol–water partition coefficient (Wildman–Crippen LogP) is 3.32. The van der Waals surface area contributed by atoms with Gasteiger partial charge in [0.15, 0.2) is 0 Å². The van der Waals surface area contributed by atoms with Crippen LogP contribution in [0.1, 0.15) is 20.3 Å². The summed E-state index contributed by atoms with van der Waals surface area (Å²) in [6.45, 7) is 4.35. The van der Waals surface area contributed by atoms with E-state index in [0.717, 1.165) is 6.42 Å². The molecule has 1 amide bonds. The van der Waals surface area contributed by atoms with E-state index in [1.807, 2.05) is 6.92 Å². The van der Waals surface area contributed by atoms with Crippen LogP contribution in [0.25, 0.3) is 0 Å². The van der Waals surface area contributed by atoms with E-state index in [2.05, 4.69) is 17.6 Å². The van der Waals surface area contributed by atoms with Crippen LogP contribution < -0.4 is 10.6 Å². The van der Waals surface area contributed by atoms with Gasteiger partial charge in [0, 0.05) is 6.04 Å². The maximum Gasteiger partial charge on any atom is 0.238 e. The number of halogens is 2. The molecule has 0 aliphatic heterocycles. The van der Waals surface area contributed by atoms with Gasteiger partial charge in [0.25, 0.3) is 0 Å². The van der Waals surface area contributed by atoms with Crippen molar-refractivity contribution in [3.05, 3.63) is 28.2 Å². The maximum absolute atomic E-state index is 11.6. The highest BCUT2D eigenvalue weighted by molar-refractivity contribution is 6.43. The Morgan fingerprint density at radius 3 is 2.76 bits per heavy atom. The Kier molecular flexibility index (Phi) is 5.75. The SMILES string of the molecule is CCC(C)NCC(=O)Nc1cccc(Cl)c1Cl. The van der Waals surface area contributed by atoms with Gasteiger partial charge in [0.2, 0.25) is 5.91 Å². The Hall–Kier alpha value is -0.770. The second-order valence-electron chi connectivity index (χ2n) is 3.84. The molecule has 1 aromatic carbocycles. The first-order valence-electron chi connectivity index (χ1n) is 5.51. The molecule has 0 aliphatic carbocycles. The van der Waals surface area contributed by atoms with E-state index in [1.54, 1.807) is 18.2 Å². The largest absolute Gasteiger partial charge is 0.324 e. The lowest BCUT2D eigenvalue weighted by atomic mass is 10.2. The molecule has 0 bridgehead atoms. The first-order valence-corrected chi connectivity index (χ1v) is 6.27. The van der Waals surface area contributed by atoms with Crippen molar-refractivity contribution in [2.75, 3.05) is 11.9 Å². The Bertz CT molecular complexity index is 396. The monoisotopic (exact) mass is 274 g/mol. The van der Waals surface area contributed by atoms with Crippen LogP contribution in [-0.2, 0) is 4.79 Å². The second kappa shape index (κ2) is 6.84. The molecule has 0 radical (unpaired) electrons. The average Bonchev–Trinajstić information content (AvgIpc) is 2.32. The van der Waals surface area contributed by atoms with Gasteiger partial charge in [-0.25, -0.2) is 0 Å². The zero-order valence-corrected chi connectivity index (χ0v) is 11.4. The summed E-state index contributed by atoms with van der Waals surface area (Å²) in [4.78, 5) is 11.6. The summed E-state index contributed by atoms with van der Waals surface area (Å²) in [7, 11) is 0. The molecule has 1 unspecified atom stereocenters. The molecule has 0 aromatic heterocycles. The summed E-state index contributed by atoms with van der Waals surface area (Å²) in [5, 5.41) is 6.61. The number of anilines is 1. The molecule has 0 heterocycles. The molecule has 0 spiro atoms. The lowest BCUT2D eigenvalue weighted by Crippen LogP contribution is -2.34. The van der Waals surface area contributed by atoms with E-state index >= 15 is 0 Å². The Labute approximate surface area is 111 Å². The molecule has 94 valence electrons. The van der Waals surface area contributed by atoms with Crippen LogP contribution in [0.2, 0.25) is 10.0 Å². The van der Waals surface area contributed by atoms with Crippen molar-refractivity contribution in [3.8, 4) is 0 Å². The minimum Gasteiger partial charge on any atom is -0.324 e. The molecule has 1 aromatic rings. The summed E-state index contributed by atoms with van der Waals surface area (Å²) in [5.74, 6) is -0.130. The van der Waals surface area contributed by atoms with Crippen molar-refractivity contribution in [3.63, 3.8) is 0 Å². The first kappa shape index (κ1) is 14.3. The minimum atomic E-state index is -0.130. The molecule has 17 heavy (non-hydrogen) atoms. The molecular formula is C12H16Cl2N2O. The van der Waals surface area contributed by atoms with Gasteiger partial charge in [-0.1, -0.05) is 36.2 Å². The highest BCUT2D eigenvalue weighted by atomic mass is 35.5. The van der Waals surface area contributed by atoms with Crippen molar-refractivity contribution in [1.29, 1.82) is 0 Å². The topological polar surface area (TPSA) is 41.1 Å². The van der Waals surface area contributed by atoms with Gasteiger partial charge in [0.1, 0.15) is 0 Å². The van der Waals surface area contributed by atoms with Gasteiger partial charge in [0.05, 0.1) is 22.3 Å². The molecule has 1 atom stereocenters. The second-order valence-corrected chi connectivity index (χ2v) is 4.62. The number of amides is 1. The maximum atomic E-state index is 11.6. The number of rotatable bonds is 5. The Balaban J connectivity index is 2.54. The van der Waals surface area contributed by atoms with Crippen LogP contribution in [0, 0.1) is 0 Å². The fourth-order valence-electron chi connectivity index (χ4n) is 1.21. The molecule has 0 saturated carbocycles. The molecule has 0 saturated heterocycles. The quantitative estimate of drug-likeness (QED) is 0.865.